The number of rotatable bonds is 30. The standard InChI is InChI=1S/C60H79N9O12S/c1-40-55(42(3)81-66-40)46-14-17-50-49(33-46)64-52(68(50)21-20-67-22-25-76-26-23-67)18-11-43-9-15-48(16-10-43)80-38-53(71)61-19-24-75-27-28-77-29-30-78-31-32-79-37-54(72)65-57(60(4,5)6)59(74)69-36-47(70)34-51(69)58(73)62-35-44-7-12-45(13-8-44)56-41(2)63-39-82-56/h7-10,12-17,33,39,47,51,57,70H,11,18-32,34-38H2,1-6H3,(H,61,71)(H,62,73)(H,65,72)/t47-,51+,57-/m1/s1. The van der Waals surface area contributed by atoms with Crippen LogP contribution in [0.4, 0.5) is 0 Å². The molecule has 0 radical (unpaired) electrons. The first kappa shape index (κ1) is 61.4. The zero-order chi connectivity index (χ0) is 58.0. The number of benzene rings is 3. The Morgan fingerprint density at radius 2 is 1.46 bits per heavy atom. The number of morpholine rings is 1. The molecular formula is C60H79N9O12S. The molecule has 3 atom stereocenters. The number of thiazole rings is 1. The molecule has 4 N–H and O–H groups in total. The van der Waals surface area contributed by atoms with E-state index in [4.69, 9.17) is 37.9 Å². The number of hydrogen-bond acceptors (Lipinski definition) is 17. The van der Waals surface area contributed by atoms with Crippen molar-refractivity contribution >= 4 is 46.0 Å². The van der Waals surface area contributed by atoms with Crippen LogP contribution in [-0.2, 0) is 68.8 Å². The third-order valence-corrected chi connectivity index (χ3v) is 15.4. The summed E-state index contributed by atoms with van der Waals surface area (Å²) >= 11 is 1.57. The molecule has 22 heteroatoms. The SMILES string of the molecule is Cc1ncsc1-c1ccc(CNC(=O)[C@@H]2C[C@@H](O)CN2C(=O)[C@@H](NC(=O)COCCOCCOCCOCCNC(=O)COc2ccc(CCc3nc4cc(-c5c(C)noc5C)ccc4n3CCN3CCOCC3)cc2)C(C)(C)C)cc1. The summed E-state index contributed by atoms with van der Waals surface area (Å²) in [5.41, 5.74) is 10.1. The number of carbonyl (C=O) groups is 4. The molecular weight excluding hydrogens is 1070 g/mol. The highest BCUT2D eigenvalue weighted by Gasteiger charge is 2.44. The summed E-state index contributed by atoms with van der Waals surface area (Å²) in [5, 5.41) is 23.2. The molecule has 3 aromatic heterocycles. The number of aliphatic hydroxyl groups excluding tert-OH is 1. The Hall–Kier alpha value is -6.63. The van der Waals surface area contributed by atoms with E-state index in [1.54, 1.807) is 11.3 Å². The summed E-state index contributed by atoms with van der Waals surface area (Å²) in [6, 6.07) is 20.2. The van der Waals surface area contributed by atoms with Crippen LogP contribution >= 0.6 is 11.3 Å². The van der Waals surface area contributed by atoms with Gasteiger partial charge in [-0.05, 0) is 79.1 Å². The van der Waals surface area contributed by atoms with Gasteiger partial charge in [0.25, 0.3) is 5.91 Å². The molecule has 0 bridgehead atoms. The van der Waals surface area contributed by atoms with E-state index < -0.39 is 35.4 Å². The molecule has 2 aliphatic heterocycles. The summed E-state index contributed by atoms with van der Waals surface area (Å²) in [4.78, 5) is 67.2. The zero-order valence-electron chi connectivity index (χ0n) is 48.0. The van der Waals surface area contributed by atoms with Crippen LogP contribution in [-0.4, -0.2) is 182 Å². The van der Waals surface area contributed by atoms with Crippen LogP contribution in [0.25, 0.3) is 32.6 Å². The molecule has 0 aliphatic carbocycles. The molecule has 0 saturated carbocycles. The van der Waals surface area contributed by atoms with Gasteiger partial charge in [0.2, 0.25) is 17.7 Å². The fraction of sp³-hybridized carbons (Fsp3) is 0.517. The lowest BCUT2D eigenvalue weighted by Crippen LogP contribution is -2.58. The number of aryl methyl sites for hydroxylation is 5. The number of amides is 4. The van der Waals surface area contributed by atoms with Crippen molar-refractivity contribution < 1.29 is 57.2 Å². The number of β-amino-alcohol motifs (C(OH)–C–C–N with tert-alkyl or cyclic N) is 1. The summed E-state index contributed by atoms with van der Waals surface area (Å²) in [7, 11) is 0. The molecule has 21 nitrogen and oxygen atoms in total. The van der Waals surface area contributed by atoms with Crippen LogP contribution < -0.4 is 20.7 Å². The van der Waals surface area contributed by atoms with Crippen LogP contribution in [0.5, 0.6) is 5.75 Å². The molecule has 3 aromatic carbocycles. The first-order valence-electron chi connectivity index (χ1n) is 28.2. The second-order valence-electron chi connectivity index (χ2n) is 21.7. The number of ether oxygens (including phenoxy) is 6. The number of nitrogens with one attached hydrogen (secondary N) is 3. The lowest BCUT2D eigenvalue weighted by Gasteiger charge is -2.35. The highest BCUT2D eigenvalue weighted by atomic mass is 32.1. The summed E-state index contributed by atoms with van der Waals surface area (Å²) in [6.07, 6.45) is 0.754. The Morgan fingerprint density at radius 1 is 0.780 bits per heavy atom. The summed E-state index contributed by atoms with van der Waals surface area (Å²) in [5.74, 6) is 0.844. The third kappa shape index (κ3) is 17.5. The number of carbonyl (C=O) groups excluding carboxylic acids is 4. The van der Waals surface area contributed by atoms with E-state index in [1.807, 2.05) is 95.6 Å². The second-order valence-corrected chi connectivity index (χ2v) is 22.5. The molecule has 5 heterocycles. The van der Waals surface area contributed by atoms with Crippen molar-refractivity contribution in [3.8, 4) is 27.3 Å². The Kier molecular flexibility index (Phi) is 22.5. The summed E-state index contributed by atoms with van der Waals surface area (Å²) in [6.45, 7) is 18.5. The van der Waals surface area contributed by atoms with E-state index in [2.05, 4.69) is 53.8 Å². The molecule has 82 heavy (non-hydrogen) atoms. The van der Waals surface area contributed by atoms with Crippen molar-refractivity contribution in [2.75, 3.05) is 105 Å². The van der Waals surface area contributed by atoms with Crippen LogP contribution in [0, 0.1) is 26.2 Å². The number of hydrogen-bond donors (Lipinski definition) is 4. The molecule has 0 unspecified atom stereocenters. The molecule has 0 spiro atoms. The second kappa shape index (κ2) is 30.1. The van der Waals surface area contributed by atoms with Gasteiger partial charge in [0.1, 0.15) is 36.0 Å². The van der Waals surface area contributed by atoms with Crippen molar-refractivity contribution in [1.82, 2.24) is 45.4 Å². The maximum Gasteiger partial charge on any atom is 0.258 e. The van der Waals surface area contributed by atoms with Gasteiger partial charge in [0, 0.05) is 64.2 Å². The van der Waals surface area contributed by atoms with Crippen molar-refractivity contribution in [2.24, 2.45) is 5.41 Å². The van der Waals surface area contributed by atoms with Crippen molar-refractivity contribution in [3.05, 3.63) is 106 Å². The number of fused-ring (bicyclic) bond motifs is 1. The average molecular weight is 1150 g/mol. The fourth-order valence-electron chi connectivity index (χ4n) is 10.0. The zero-order valence-corrected chi connectivity index (χ0v) is 48.9. The molecule has 4 amide bonds. The highest BCUT2D eigenvalue weighted by molar-refractivity contribution is 7.13. The third-order valence-electron chi connectivity index (χ3n) is 14.5. The largest absolute Gasteiger partial charge is 0.484 e. The monoisotopic (exact) mass is 1150 g/mol. The number of aromatic nitrogens is 4. The number of imidazole rings is 1. The predicted octanol–water partition coefficient (Wildman–Crippen LogP) is 5.23. The lowest BCUT2D eigenvalue weighted by atomic mass is 9.85. The maximum atomic E-state index is 14.0. The first-order chi connectivity index (χ1) is 39.6. The van der Waals surface area contributed by atoms with Crippen molar-refractivity contribution in [3.63, 3.8) is 0 Å². The van der Waals surface area contributed by atoms with Gasteiger partial charge in [0.15, 0.2) is 6.61 Å². The smallest absolute Gasteiger partial charge is 0.258 e. The Morgan fingerprint density at radius 3 is 2.13 bits per heavy atom. The minimum absolute atomic E-state index is 0.0245. The molecule has 2 aliphatic rings. The van der Waals surface area contributed by atoms with E-state index in [0.717, 1.165) is 119 Å². The van der Waals surface area contributed by atoms with Crippen LogP contribution in [0.3, 0.4) is 0 Å². The summed E-state index contributed by atoms with van der Waals surface area (Å²) < 4.78 is 41.4. The minimum Gasteiger partial charge on any atom is -0.484 e. The van der Waals surface area contributed by atoms with Crippen LogP contribution in [0.1, 0.15) is 61.3 Å². The van der Waals surface area contributed by atoms with Crippen LogP contribution in [0.2, 0.25) is 0 Å². The van der Waals surface area contributed by atoms with E-state index >= 15 is 0 Å². The van der Waals surface area contributed by atoms with E-state index in [-0.39, 0.29) is 57.8 Å². The molecule has 442 valence electrons. The Bertz CT molecular complexity index is 3000. The Balaban J connectivity index is 0.648. The fourth-order valence-corrected chi connectivity index (χ4v) is 10.8. The van der Waals surface area contributed by atoms with Gasteiger partial charge in [-0.1, -0.05) is 68.4 Å². The number of likely N-dealkylation sites (tertiary alicyclic amines) is 1. The maximum absolute atomic E-state index is 14.0. The lowest BCUT2D eigenvalue weighted by molar-refractivity contribution is -0.144. The predicted molar refractivity (Wildman–Crippen MR) is 309 cm³/mol. The van der Waals surface area contributed by atoms with E-state index in [1.165, 1.54) is 4.90 Å². The Labute approximate surface area is 483 Å². The van der Waals surface area contributed by atoms with Crippen molar-refractivity contribution in [1.29, 1.82) is 0 Å². The van der Waals surface area contributed by atoms with Gasteiger partial charge in [-0.15, -0.1) is 11.3 Å². The van der Waals surface area contributed by atoms with E-state index in [0.29, 0.717) is 45.3 Å². The minimum atomic E-state index is -0.976. The first-order valence-corrected chi connectivity index (χ1v) is 29.1. The van der Waals surface area contributed by atoms with Gasteiger partial charge >= 0.3 is 0 Å². The van der Waals surface area contributed by atoms with Gasteiger partial charge in [-0.3, -0.25) is 24.1 Å². The topological polar surface area (TPSA) is 243 Å². The quantitative estimate of drug-likeness (QED) is 0.0422. The number of aliphatic hydroxyl groups is 1. The van der Waals surface area contributed by atoms with Gasteiger partial charge < -0.3 is 63.5 Å². The molecule has 6 aromatic rings. The van der Waals surface area contributed by atoms with Crippen molar-refractivity contribution in [2.45, 2.75) is 92.1 Å². The van der Waals surface area contributed by atoms with Crippen LogP contribution in [0.15, 0.2) is 76.8 Å². The molecule has 2 fully saturated rings. The normalized spacial score (nSPS) is 16.2. The van der Waals surface area contributed by atoms with Gasteiger partial charge in [-0.2, -0.15) is 0 Å². The van der Waals surface area contributed by atoms with E-state index in [9.17, 15) is 24.3 Å². The number of nitrogens with zero attached hydrogens (tertiary/aromatic N) is 6. The highest BCUT2D eigenvalue weighted by Crippen LogP contribution is 2.32. The molecule has 8 rings (SSSR count). The van der Waals surface area contributed by atoms with Gasteiger partial charge in [0.05, 0.1) is 98.4 Å². The average Bonchev–Trinajstić information content (AvgIpc) is 4.47. The van der Waals surface area contributed by atoms with Gasteiger partial charge in [-0.25, -0.2) is 9.97 Å². The molecule has 2 saturated heterocycles.